The Balaban J connectivity index is 1.89. The van der Waals surface area contributed by atoms with Crippen molar-refractivity contribution in [3.05, 3.63) is 36.6 Å². The van der Waals surface area contributed by atoms with Crippen molar-refractivity contribution in [1.29, 1.82) is 0 Å². The molecule has 24 heavy (non-hydrogen) atoms. The molecule has 8 heteroatoms. The van der Waals surface area contributed by atoms with Gasteiger partial charge >= 0.3 is 6.18 Å². The number of nitrogens with one attached hydrogen (secondary N) is 1. The molecule has 1 aliphatic carbocycles. The van der Waals surface area contributed by atoms with Crippen molar-refractivity contribution >= 4 is 28.7 Å². The Hall–Kier alpha value is -2.64. The van der Waals surface area contributed by atoms with E-state index in [9.17, 15) is 18.0 Å². The molecule has 1 amide bonds. The minimum absolute atomic E-state index is 0.155. The lowest BCUT2D eigenvalue weighted by atomic mass is 9.88. The highest BCUT2D eigenvalue weighted by atomic mass is 19.4. The normalized spacial score (nSPS) is 14.5. The van der Waals surface area contributed by atoms with Crippen molar-refractivity contribution in [1.82, 2.24) is 14.5 Å². The third-order valence-electron chi connectivity index (χ3n) is 3.83. The first-order valence-corrected chi connectivity index (χ1v) is 7.28. The Labute approximate surface area is 135 Å². The van der Waals surface area contributed by atoms with E-state index in [1.807, 2.05) is 6.08 Å². The molecule has 0 aliphatic heterocycles. The second-order valence-electron chi connectivity index (χ2n) is 6.17. The molecule has 0 fully saturated rings. The number of imidazole rings is 1. The molecule has 5 nitrogen and oxygen atoms in total. The Morgan fingerprint density at radius 3 is 2.62 bits per heavy atom. The summed E-state index contributed by atoms with van der Waals surface area (Å²) in [7, 11) is 0. The van der Waals surface area contributed by atoms with Crippen LogP contribution >= 0.6 is 0 Å². The molecule has 0 radical (unpaired) electrons. The van der Waals surface area contributed by atoms with Crippen molar-refractivity contribution in [2.24, 2.45) is 5.41 Å². The zero-order valence-corrected chi connectivity index (χ0v) is 13.1. The Morgan fingerprint density at radius 2 is 2.04 bits per heavy atom. The Kier molecular flexibility index (Phi) is 3.70. The maximum Gasteiger partial charge on any atom is 0.394 e. The van der Waals surface area contributed by atoms with E-state index >= 15 is 0 Å². The minimum atomic E-state index is -4.47. The van der Waals surface area contributed by atoms with Crippen molar-refractivity contribution in [2.45, 2.75) is 26.4 Å². The van der Waals surface area contributed by atoms with Crippen LogP contribution in [-0.4, -0.2) is 26.6 Å². The van der Waals surface area contributed by atoms with E-state index in [0.29, 0.717) is 11.2 Å². The number of carbonyl (C=O) groups is 1. The van der Waals surface area contributed by atoms with Crippen LogP contribution in [0.2, 0.25) is 0 Å². The topological polar surface area (TPSA) is 59.8 Å². The van der Waals surface area contributed by atoms with Gasteiger partial charge in [0.15, 0.2) is 5.65 Å². The van der Waals surface area contributed by atoms with E-state index in [-0.39, 0.29) is 5.95 Å². The summed E-state index contributed by atoms with van der Waals surface area (Å²) in [6.07, 6.45) is 1.83. The molecular formula is C16H15F3N4O. The zero-order valence-electron chi connectivity index (χ0n) is 13.1. The third-order valence-corrected chi connectivity index (χ3v) is 3.83. The predicted octanol–water partition coefficient (Wildman–Crippen LogP) is 3.76. The first-order valence-electron chi connectivity index (χ1n) is 7.28. The number of alkyl halides is 3. The van der Waals surface area contributed by atoms with Crippen LogP contribution in [0.1, 0.15) is 20.3 Å². The number of nitrogens with zero attached hydrogens (tertiary/aromatic N) is 3. The fourth-order valence-electron chi connectivity index (χ4n) is 2.24. The largest absolute Gasteiger partial charge is 0.394 e. The van der Waals surface area contributed by atoms with Crippen LogP contribution in [-0.2, 0) is 4.79 Å². The first-order chi connectivity index (χ1) is 11.2. The second-order valence-corrected chi connectivity index (χ2v) is 6.17. The van der Waals surface area contributed by atoms with Gasteiger partial charge in [-0.2, -0.15) is 13.2 Å². The third kappa shape index (κ3) is 2.79. The van der Waals surface area contributed by atoms with Gasteiger partial charge in [0.05, 0.1) is 11.1 Å². The van der Waals surface area contributed by atoms with Crippen LogP contribution in [0.3, 0.4) is 0 Å². The van der Waals surface area contributed by atoms with Crippen molar-refractivity contribution < 1.29 is 18.0 Å². The van der Waals surface area contributed by atoms with Crippen LogP contribution < -0.4 is 5.32 Å². The molecular weight excluding hydrogens is 321 g/mol. The number of anilines is 1. The fraction of sp³-hybridized carbons (Fsp3) is 0.312. The van der Waals surface area contributed by atoms with Gasteiger partial charge in [0.2, 0.25) is 11.9 Å². The monoisotopic (exact) mass is 336 g/mol. The molecule has 1 aliphatic rings. The molecule has 3 rings (SSSR count). The highest BCUT2D eigenvalue weighted by Gasteiger charge is 2.48. The van der Waals surface area contributed by atoms with E-state index in [4.69, 9.17) is 0 Å². The number of rotatable bonds is 4. The summed E-state index contributed by atoms with van der Waals surface area (Å²) in [4.78, 5) is 20.6. The second kappa shape index (κ2) is 5.47. The highest BCUT2D eigenvalue weighted by molar-refractivity contribution is 5.93. The lowest BCUT2D eigenvalue weighted by Gasteiger charge is -2.26. The number of fused-ring (bicyclic) bond motifs is 1. The summed E-state index contributed by atoms with van der Waals surface area (Å²) in [6, 6.07) is 3.42. The van der Waals surface area contributed by atoms with Gasteiger partial charge in [-0.15, -0.1) is 0 Å². The van der Waals surface area contributed by atoms with Gasteiger partial charge in [-0.3, -0.25) is 14.7 Å². The quantitative estimate of drug-likeness (QED) is 0.925. The van der Waals surface area contributed by atoms with Crippen molar-refractivity contribution in [2.75, 3.05) is 5.32 Å². The summed E-state index contributed by atoms with van der Waals surface area (Å²) in [5, 5.41) is 2.48. The van der Waals surface area contributed by atoms with Crippen LogP contribution in [0.5, 0.6) is 0 Å². The summed E-state index contributed by atoms with van der Waals surface area (Å²) in [5.74, 6) is -0.597. The van der Waals surface area contributed by atoms with Crippen LogP contribution in [0, 0.1) is 5.41 Å². The Bertz CT molecular complexity index is 862. The van der Waals surface area contributed by atoms with Gasteiger partial charge in [0, 0.05) is 12.6 Å². The minimum Gasteiger partial charge on any atom is -0.296 e. The molecule has 0 saturated heterocycles. The maximum atomic E-state index is 12.9. The van der Waals surface area contributed by atoms with Gasteiger partial charge in [-0.25, -0.2) is 9.97 Å². The van der Waals surface area contributed by atoms with Gasteiger partial charge < -0.3 is 0 Å². The molecule has 2 aromatic heterocycles. The molecule has 126 valence electrons. The smallest absolute Gasteiger partial charge is 0.296 e. The lowest BCUT2D eigenvalue weighted by Crippen LogP contribution is -2.36. The summed E-state index contributed by atoms with van der Waals surface area (Å²) in [5.41, 5.74) is -0.300. The van der Waals surface area contributed by atoms with Gasteiger partial charge in [0.1, 0.15) is 5.52 Å². The SMILES string of the molecule is CC(C)(CC(=O)Nc1nc2cccnc2n1C1=CC=C1)C(F)(F)F. The van der Waals surface area contributed by atoms with E-state index < -0.39 is 23.9 Å². The molecule has 0 aromatic carbocycles. The molecule has 2 heterocycles. The number of pyridine rings is 1. The van der Waals surface area contributed by atoms with Crippen LogP contribution in [0.4, 0.5) is 19.1 Å². The van der Waals surface area contributed by atoms with Crippen molar-refractivity contribution in [3.8, 4) is 0 Å². The van der Waals surface area contributed by atoms with E-state index in [0.717, 1.165) is 19.5 Å². The number of amides is 1. The Morgan fingerprint density at radius 1 is 1.33 bits per heavy atom. The predicted molar refractivity (Wildman–Crippen MR) is 84.0 cm³/mol. The number of halogens is 3. The number of hydrogen-bond acceptors (Lipinski definition) is 3. The van der Waals surface area contributed by atoms with Gasteiger partial charge in [-0.05, 0) is 24.3 Å². The molecule has 0 unspecified atom stereocenters. The highest BCUT2D eigenvalue weighted by Crippen LogP contribution is 2.40. The number of carbonyl (C=O) groups excluding carboxylic acids is 1. The van der Waals surface area contributed by atoms with E-state index in [1.54, 1.807) is 35.0 Å². The zero-order chi connectivity index (χ0) is 17.5. The number of hydrogen-bond donors (Lipinski definition) is 1. The molecule has 2 aromatic rings. The molecule has 0 spiro atoms. The summed E-state index contributed by atoms with van der Waals surface area (Å²) >= 11 is 0. The number of allylic oxidation sites excluding steroid dienone is 4. The van der Waals surface area contributed by atoms with Gasteiger partial charge in [0.25, 0.3) is 0 Å². The average Bonchev–Trinajstić information content (AvgIpc) is 2.73. The standard InChI is InChI=1S/C16H15F3N4O/c1-15(2,16(17,18)19)9-12(24)22-14-21-11-7-4-8-20-13(11)23(14)10-5-3-6-10/h3-8H,9H2,1-2H3,(H,21,22,24). The molecule has 0 atom stereocenters. The van der Waals surface area contributed by atoms with Crippen LogP contribution in [0.25, 0.3) is 16.9 Å². The maximum absolute atomic E-state index is 12.9. The van der Waals surface area contributed by atoms with Crippen molar-refractivity contribution in [3.63, 3.8) is 0 Å². The first kappa shape index (κ1) is 16.2. The van der Waals surface area contributed by atoms with Crippen LogP contribution in [0.15, 0.2) is 36.6 Å². The van der Waals surface area contributed by atoms with Gasteiger partial charge in [-0.1, -0.05) is 19.9 Å². The van der Waals surface area contributed by atoms with E-state index in [2.05, 4.69) is 15.3 Å². The summed E-state index contributed by atoms with van der Waals surface area (Å²) < 4.78 is 40.4. The molecule has 1 N–H and O–H groups in total. The lowest BCUT2D eigenvalue weighted by molar-refractivity contribution is -0.213. The van der Waals surface area contributed by atoms with E-state index in [1.165, 1.54) is 0 Å². The average molecular weight is 336 g/mol. The fourth-order valence-corrected chi connectivity index (χ4v) is 2.24. The summed E-state index contributed by atoms with van der Waals surface area (Å²) in [6.45, 7) is 1.99. The number of aromatic nitrogens is 3. The molecule has 0 saturated carbocycles. The molecule has 0 bridgehead atoms.